The van der Waals surface area contributed by atoms with Crippen molar-refractivity contribution in [3.63, 3.8) is 0 Å². The Kier molecular flexibility index (Phi) is 7.85. The summed E-state index contributed by atoms with van der Waals surface area (Å²) in [5, 5.41) is 3.83. The number of amidine groups is 1. The minimum Gasteiger partial charge on any atom is -0.377 e. The van der Waals surface area contributed by atoms with Crippen molar-refractivity contribution < 1.29 is 0 Å². The van der Waals surface area contributed by atoms with Crippen molar-refractivity contribution in [1.82, 2.24) is 24.9 Å². The molecular formula is C36H41N11. The highest BCUT2D eigenvalue weighted by Gasteiger charge is 2.32. The Morgan fingerprint density at radius 2 is 1.28 bits per heavy atom. The standard InChI is InChI=1S/C36H41N11/c1-23-19-32(43(3)4)28-21-25(7-9-30(28)39-23)34-41-35(26-8-10-31-29(22-26)33(44(5)6)20-24(2)40-31)47(37)36(42-34)46-17-15-45(16-18-46)27-11-13-38-14-12-27/h7-14,19-22,35H,15-18,37H2,1-6H3. The number of guanidine groups is 1. The lowest BCUT2D eigenvalue weighted by Gasteiger charge is -2.42. The molecule has 2 N–H and O–H groups in total. The molecule has 1 unspecified atom stereocenters. The second-order valence-corrected chi connectivity index (χ2v) is 12.7. The van der Waals surface area contributed by atoms with Gasteiger partial charge in [0.25, 0.3) is 0 Å². The van der Waals surface area contributed by atoms with E-state index in [2.05, 4.69) is 113 Å². The van der Waals surface area contributed by atoms with Crippen LogP contribution in [0.25, 0.3) is 21.8 Å². The molecule has 5 aromatic rings. The van der Waals surface area contributed by atoms with Crippen molar-refractivity contribution in [3.05, 3.63) is 95.6 Å². The predicted molar refractivity (Wildman–Crippen MR) is 192 cm³/mol. The van der Waals surface area contributed by atoms with E-state index < -0.39 is 6.17 Å². The van der Waals surface area contributed by atoms with Gasteiger partial charge in [-0.2, -0.15) is 4.99 Å². The largest absolute Gasteiger partial charge is 0.377 e. The van der Waals surface area contributed by atoms with E-state index in [0.29, 0.717) is 11.8 Å². The van der Waals surface area contributed by atoms with Crippen LogP contribution in [0.3, 0.4) is 0 Å². The minimum atomic E-state index is -0.489. The predicted octanol–water partition coefficient (Wildman–Crippen LogP) is 4.74. The second-order valence-electron chi connectivity index (χ2n) is 12.7. The number of nitrogens with two attached hydrogens (primary N) is 1. The van der Waals surface area contributed by atoms with Crippen LogP contribution in [-0.2, 0) is 0 Å². The maximum atomic E-state index is 7.00. The van der Waals surface area contributed by atoms with E-state index >= 15 is 0 Å². The Morgan fingerprint density at radius 1 is 0.702 bits per heavy atom. The Bertz CT molecular complexity index is 2010. The summed E-state index contributed by atoms with van der Waals surface area (Å²) in [5.74, 6) is 8.35. The van der Waals surface area contributed by atoms with E-state index in [4.69, 9.17) is 25.8 Å². The molecule has 1 fully saturated rings. The molecule has 47 heavy (non-hydrogen) atoms. The van der Waals surface area contributed by atoms with Crippen LogP contribution in [0.5, 0.6) is 0 Å². The summed E-state index contributed by atoms with van der Waals surface area (Å²) < 4.78 is 0. The summed E-state index contributed by atoms with van der Waals surface area (Å²) in [6, 6.07) is 20.9. The number of benzene rings is 2. The molecule has 0 amide bonds. The third-order valence-electron chi connectivity index (χ3n) is 8.91. The zero-order valence-corrected chi connectivity index (χ0v) is 27.9. The third kappa shape index (κ3) is 5.78. The third-order valence-corrected chi connectivity index (χ3v) is 8.91. The number of hydrogen-bond donors (Lipinski definition) is 1. The number of fused-ring (bicyclic) bond motifs is 2. The van der Waals surface area contributed by atoms with Gasteiger partial charge in [-0.1, -0.05) is 6.07 Å². The van der Waals surface area contributed by atoms with Gasteiger partial charge in [0, 0.05) is 112 Å². The molecular weight excluding hydrogens is 586 g/mol. The van der Waals surface area contributed by atoms with Crippen molar-refractivity contribution >= 4 is 50.7 Å². The molecule has 2 aromatic carbocycles. The molecule has 1 saturated heterocycles. The first-order chi connectivity index (χ1) is 22.7. The average molecular weight is 628 g/mol. The normalized spacial score (nSPS) is 16.8. The summed E-state index contributed by atoms with van der Waals surface area (Å²) in [6.45, 7) is 7.28. The van der Waals surface area contributed by atoms with Crippen LogP contribution in [-0.4, -0.2) is 91.0 Å². The second kappa shape index (κ2) is 12.1. The molecule has 0 radical (unpaired) electrons. The molecule has 0 saturated carbocycles. The molecule has 2 aliphatic heterocycles. The van der Waals surface area contributed by atoms with Gasteiger partial charge in [-0.05, 0) is 74.0 Å². The Morgan fingerprint density at radius 3 is 1.89 bits per heavy atom. The lowest BCUT2D eigenvalue weighted by molar-refractivity contribution is 0.258. The molecule has 1 atom stereocenters. The number of nitrogens with zero attached hydrogens (tertiary/aromatic N) is 10. The van der Waals surface area contributed by atoms with Gasteiger partial charge in [-0.15, -0.1) is 0 Å². The van der Waals surface area contributed by atoms with Gasteiger partial charge in [0.2, 0.25) is 5.96 Å². The van der Waals surface area contributed by atoms with Gasteiger partial charge < -0.3 is 19.6 Å². The number of rotatable bonds is 5. The van der Waals surface area contributed by atoms with Crippen molar-refractivity contribution in [2.75, 3.05) is 69.1 Å². The van der Waals surface area contributed by atoms with Gasteiger partial charge in [-0.25, -0.2) is 10.8 Å². The number of aliphatic imine (C=N–C) groups is 2. The van der Waals surface area contributed by atoms with E-state index in [0.717, 1.165) is 81.9 Å². The number of aryl methyl sites for hydroxylation is 2. The van der Waals surface area contributed by atoms with Crippen molar-refractivity contribution in [1.29, 1.82) is 0 Å². The molecule has 2 aliphatic rings. The molecule has 0 spiro atoms. The number of hydrazine groups is 1. The van der Waals surface area contributed by atoms with Crippen LogP contribution in [0.1, 0.15) is 28.7 Å². The van der Waals surface area contributed by atoms with E-state index in [-0.39, 0.29) is 0 Å². The van der Waals surface area contributed by atoms with Crippen LogP contribution in [0.15, 0.2) is 83.0 Å². The first-order valence-electron chi connectivity index (χ1n) is 15.9. The van der Waals surface area contributed by atoms with E-state index in [1.807, 2.05) is 26.2 Å². The topological polar surface area (TPSA) is 106 Å². The first-order valence-corrected chi connectivity index (χ1v) is 15.9. The summed E-state index contributed by atoms with van der Waals surface area (Å²) >= 11 is 0. The number of pyridine rings is 3. The summed E-state index contributed by atoms with van der Waals surface area (Å²) in [5.41, 5.74) is 9.11. The zero-order chi connectivity index (χ0) is 32.8. The minimum absolute atomic E-state index is 0.489. The SMILES string of the molecule is Cc1cc(N(C)C)c2cc(C3=NC(c4ccc5nc(C)cc(N(C)C)c5c4)N(N)C(N4CCN(c5ccncc5)CC4)=N3)ccc2n1. The maximum absolute atomic E-state index is 7.00. The van der Waals surface area contributed by atoms with Gasteiger partial charge in [-0.3, -0.25) is 20.0 Å². The Labute approximate surface area is 275 Å². The fourth-order valence-corrected chi connectivity index (χ4v) is 6.53. The highest BCUT2D eigenvalue weighted by atomic mass is 15.6. The first kappa shape index (κ1) is 30.4. The van der Waals surface area contributed by atoms with Crippen LogP contribution in [0.4, 0.5) is 17.1 Å². The van der Waals surface area contributed by atoms with Gasteiger partial charge in [0.1, 0.15) is 0 Å². The summed E-state index contributed by atoms with van der Waals surface area (Å²) in [4.78, 5) is 33.1. The average Bonchev–Trinajstić information content (AvgIpc) is 3.07. The summed E-state index contributed by atoms with van der Waals surface area (Å²) in [6.07, 6.45) is 3.19. The molecule has 7 rings (SSSR count). The van der Waals surface area contributed by atoms with E-state index in [1.165, 1.54) is 5.69 Å². The summed E-state index contributed by atoms with van der Waals surface area (Å²) in [7, 11) is 8.23. The quantitative estimate of drug-likeness (QED) is 0.277. The molecule has 5 heterocycles. The highest BCUT2D eigenvalue weighted by molar-refractivity contribution is 6.10. The molecule has 240 valence electrons. The number of anilines is 3. The fraction of sp³-hybridized carbons (Fsp3) is 0.306. The molecule has 11 nitrogen and oxygen atoms in total. The van der Waals surface area contributed by atoms with Crippen molar-refractivity contribution in [2.45, 2.75) is 20.0 Å². The Balaban J connectivity index is 1.32. The zero-order valence-electron chi connectivity index (χ0n) is 27.9. The smallest absolute Gasteiger partial charge is 0.220 e. The Hall–Kier alpha value is -5.29. The number of aromatic nitrogens is 3. The van der Waals surface area contributed by atoms with Crippen LogP contribution >= 0.6 is 0 Å². The maximum Gasteiger partial charge on any atom is 0.220 e. The van der Waals surface area contributed by atoms with E-state index in [9.17, 15) is 0 Å². The molecule has 0 aliphatic carbocycles. The monoisotopic (exact) mass is 627 g/mol. The van der Waals surface area contributed by atoms with Crippen LogP contribution < -0.4 is 20.5 Å². The number of piperazine rings is 1. The number of hydrogen-bond acceptors (Lipinski definition) is 11. The molecule has 3 aromatic heterocycles. The lowest BCUT2D eigenvalue weighted by Crippen LogP contribution is -2.57. The fourth-order valence-electron chi connectivity index (χ4n) is 6.53. The van der Waals surface area contributed by atoms with Crippen molar-refractivity contribution in [2.24, 2.45) is 15.8 Å². The lowest BCUT2D eigenvalue weighted by atomic mass is 10.0. The van der Waals surface area contributed by atoms with Crippen molar-refractivity contribution in [3.8, 4) is 0 Å². The van der Waals surface area contributed by atoms with E-state index in [1.54, 1.807) is 5.01 Å². The van der Waals surface area contributed by atoms with Crippen LogP contribution in [0.2, 0.25) is 0 Å². The van der Waals surface area contributed by atoms with Gasteiger partial charge in [0.15, 0.2) is 12.0 Å². The van der Waals surface area contributed by atoms with Crippen LogP contribution in [0, 0.1) is 13.8 Å². The molecule has 11 heteroatoms. The highest BCUT2D eigenvalue weighted by Crippen LogP contribution is 2.34. The van der Waals surface area contributed by atoms with Gasteiger partial charge >= 0.3 is 0 Å². The molecule has 0 bridgehead atoms. The van der Waals surface area contributed by atoms with Gasteiger partial charge in [0.05, 0.1) is 11.0 Å².